The minimum atomic E-state index is -0.592. The van der Waals surface area contributed by atoms with Crippen molar-refractivity contribution in [2.24, 2.45) is 5.92 Å². The Bertz CT molecular complexity index is 865. The van der Waals surface area contributed by atoms with Gasteiger partial charge in [0.25, 0.3) is 5.91 Å². The zero-order chi connectivity index (χ0) is 20.3. The van der Waals surface area contributed by atoms with Gasteiger partial charge in [-0.25, -0.2) is 4.39 Å². The van der Waals surface area contributed by atoms with Crippen LogP contribution in [0.25, 0.3) is 0 Å². The molecule has 1 aliphatic rings. The van der Waals surface area contributed by atoms with E-state index in [-0.39, 0.29) is 23.5 Å². The summed E-state index contributed by atoms with van der Waals surface area (Å²) in [6.45, 7) is 6.29. The second-order valence-corrected chi connectivity index (χ2v) is 7.36. The van der Waals surface area contributed by atoms with Crippen molar-refractivity contribution < 1.29 is 18.7 Å². The monoisotopic (exact) mass is 384 g/mol. The van der Waals surface area contributed by atoms with Gasteiger partial charge in [0.15, 0.2) is 6.10 Å². The highest BCUT2D eigenvalue weighted by atomic mass is 19.1. The van der Waals surface area contributed by atoms with Crippen molar-refractivity contribution >= 4 is 17.5 Å². The van der Waals surface area contributed by atoms with Crippen LogP contribution in [0.2, 0.25) is 0 Å². The molecule has 1 N–H and O–H groups in total. The van der Waals surface area contributed by atoms with Gasteiger partial charge in [-0.1, -0.05) is 26.0 Å². The molecule has 3 rings (SSSR count). The summed E-state index contributed by atoms with van der Waals surface area (Å²) in [6.07, 6.45) is 0.0308. The molecule has 0 fully saturated rings. The molecule has 5 nitrogen and oxygen atoms in total. The summed E-state index contributed by atoms with van der Waals surface area (Å²) in [5.74, 6) is 0.0937. The Morgan fingerprint density at radius 1 is 1.25 bits per heavy atom. The number of rotatable bonds is 5. The molecule has 1 heterocycles. The second kappa shape index (κ2) is 8.42. The third kappa shape index (κ3) is 4.68. The van der Waals surface area contributed by atoms with E-state index in [0.717, 1.165) is 11.1 Å². The fraction of sp³-hybridized carbons (Fsp3) is 0.364. The summed E-state index contributed by atoms with van der Waals surface area (Å²) in [5, 5.41) is 2.88. The van der Waals surface area contributed by atoms with Gasteiger partial charge in [-0.2, -0.15) is 0 Å². The number of amides is 2. The van der Waals surface area contributed by atoms with E-state index < -0.39 is 6.10 Å². The van der Waals surface area contributed by atoms with Gasteiger partial charge < -0.3 is 15.0 Å². The molecule has 0 spiro atoms. The average Bonchev–Trinajstić information content (AvgIpc) is 2.78. The third-order valence-corrected chi connectivity index (χ3v) is 4.76. The maximum atomic E-state index is 13.1. The standard InChI is InChI=1S/C22H25FN2O3/c1-14(2)21(26)24-19-8-9-20-17(12-19)13-25(22(27)15(3)28-20)11-10-16-4-6-18(23)7-5-16/h4-9,12,14-15H,10-11,13H2,1-3H3,(H,24,26)/t15-/m0/s1. The largest absolute Gasteiger partial charge is 0.481 e. The zero-order valence-electron chi connectivity index (χ0n) is 16.4. The van der Waals surface area contributed by atoms with Crippen LogP contribution < -0.4 is 10.1 Å². The quantitative estimate of drug-likeness (QED) is 0.854. The lowest BCUT2D eigenvalue weighted by molar-refractivity contribution is -0.137. The predicted molar refractivity (Wildman–Crippen MR) is 106 cm³/mol. The first-order valence-corrected chi connectivity index (χ1v) is 9.47. The van der Waals surface area contributed by atoms with Crippen LogP contribution in [0.5, 0.6) is 5.75 Å². The van der Waals surface area contributed by atoms with Crippen LogP contribution in [0.3, 0.4) is 0 Å². The summed E-state index contributed by atoms with van der Waals surface area (Å²) in [5.41, 5.74) is 2.49. The zero-order valence-corrected chi connectivity index (χ0v) is 16.4. The Labute approximate surface area is 164 Å². The third-order valence-electron chi connectivity index (χ3n) is 4.76. The Hall–Kier alpha value is -2.89. The van der Waals surface area contributed by atoms with Crippen molar-refractivity contribution in [3.8, 4) is 5.75 Å². The van der Waals surface area contributed by atoms with Gasteiger partial charge in [0.05, 0.1) is 0 Å². The van der Waals surface area contributed by atoms with Crippen molar-refractivity contribution in [2.75, 3.05) is 11.9 Å². The maximum absolute atomic E-state index is 13.1. The van der Waals surface area contributed by atoms with Crippen LogP contribution in [0.15, 0.2) is 42.5 Å². The molecule has 1 atom stereocenters. The molecule has 6 heteroatoms. The highest BCUT2D eigenvalue weighted by Crippen LogP contribution is 2.29. The number of anilines is 1. The number of halogens is 1. The summed E-state index contributed by atoms with van der Waals surface area (Å²) in [7, 11) is 0. The number of ether oxygens (including phenoxy) is 1. The van der Waals surface area contributed by atoms with Crippen LogP contribution in [0, 0.1) is 11.7 Å². The number of fused-ring (bicyclic) bond motifs is 1. The number of nitrogens with one attached hydrogen (secondary N) is 1. The molecule has 0 saturated carbocycles. The molecule has 0 radical (unpaired) electrons. The van der Waals surface area contributed by atoms with E-state index in [9.17, 15) is 14.0 Å². The molecule has 0 saturated heterocycles. The smallest absolute Gasteiger partial charge is 0.263 e. The first kappa shape index (κ1) is 19.9. The molecule has 0 aliphatic carbocycles. The molecule has 2 amide bonds. The van der Waals surface area contributed by atoms with E-state index in [0.29, 0.717) is 30.9 Å². The summed E-state index contributed by atoms with van der Waals surface area (Å²) in [6, 6.07) is 11.7. The van der Waals surface area contributed by atoms with E-state index in [4.69, 9.17) is 4.74 Å². The van der Waals surface area contributed by atoms with Gasteiger partial charge in [-0.3, -0.25) is 9.59 Å². The van der Waals surface area contributed by atoms with Gasteiger partial charge in [-0.05, 0) is 49.2 Å². The van der Waals surface area contributed by atoms with Crippen LogP contribution in [-0.4, -0.2) is 29.4 Å². The number of hydrogen-bond donors (Lipinski definition) is 1. The summed E-state index contributed by atoms with van der Waals surface area (Å²) < 4.78 is 18.9. The number of carbonyl (C=O) groups is 2. The molecular weight excluding hydrogens is 359 g/mol. The van der Waals surface area contributed by atoms with Crippen molar-refractivity contribution in [3.63, 3.8) is 0 Å². The number of nitrogens with zero attached hydrogens (tertiary/aromatic N) is 1. The number of carbonyl (C=O) groups excluding carboxylic acids is 2. The Morgan fingerprint density at radius 3 is 2.64 bits per heavy atom. The number of benzene rings is 2. The highest BCUT2D eigenvalue weighted by molar-refractivity contribution is 5.92. The molecule has 0 aromatic heterocycles. The highest BCUT2D eigenvalue weighted by Gasteiger charge is 2.27. The lowest BCUT2D eigenvalue weighted by atomic mass is 10.1. The topological polar surface area (TPSA) is 58.6 Å². The maximum Gasteiger partial charge on any atom is 0.263 e. The van der Waals surface area contributed by atoms with Crippen molar-refractivity contribution in [1.82, 2.24) is 4.90 Å². The van der Waals surface area contributed by atoms with E-state index in [2.05, 4.69) is 5.32 Å². The Balaban J connectivity index is 1.77. The lowest BCUT2D eigenvalue weighted by Crippen LogP contribution is -2.39. The number of hydrogen-bond acceptors (Lipinski definition) is 3. The Kier molecular flexibility index (Phi) is 5.97. The van der Waals surface area contributed by atoms with Gasteiger partial charge in [0.1, 0.15) is 11.6 Å². The summed E-state index contributed by atoms with van der Waals surface area (Å²) in [4.78, 5) is 26.4. The SMILES string of the molecule is CC(C)C(=O)Nc1ccc2c(c1)CN(CCc1ccc(F)cc1)C(=O)[C@H](C)O2. The molecule has 1 aliphatic heterocycles. The lowest BCUT2D eigenvalue weighted by Gasteiger charge is -2.22. The van der Waals surface area contributed by atoms with E-state index in [1.54, 1.807) is 36.1 Å². The Morgan fingerprint density at radius 2 is 1.96 bits per heavy atom. The van der Waals surface area contributed by atoms with Crippen LogP contribution in [0.4, 0.5) is 10.1 Å². The molecule has 2 aromatic rings. The van der Waals surface area contributed by atoms with Gasteiger partial charge in [0.2, 0.25) is 5.91 Å². The van der Waals surface area contributed by atoms with E-state index in [1.807, 2.05) is 19.9 Å². The molecule has 28 heavy (non-hydrogen) atoms. The van der Waals surface area contributed by atoms with Gasteiger partial charge in [0, 0.05) is 30.3 Å². The molecule has 0 bridgehead atoms. The van der Waals surface area contributed by atoms with Crippen molar-refractivity contribution in [1.29, 1.82) is 0 Å². The van der Waals surface area contributed by atoms with Crippen LogP contribution >= 0.6 is 0 Å². The molecule has 0 unspecified atom stereocenters. The first-order chi connectivity index (χ1) is 13.3. The molecule has 2 aromatic carbocycles. The van der Waals surface area contributed by atoms with Gasteiger partial charge in [-0.15, -0.1) is 0 Å². The molecular formula is C22H25FN2O3. The second-order valence-electron chi connectivity index (χ2n) is 7.36. The van der Waals surface area contributed by atoms with Crippen LogP contribution in [0.1, 0.15) is 31.9 Å². The predicted octanol–water partition coefficient (Wildman–Crippen LogP) is 3.77. The fourth-order valence-corrected chi connectivity index (χ4v) is 3.07. The molecule has 148 valence electrons. The average molecular weight is 384 g/mol. The summed E-state index contributed by atoms with van der Waals surface area (Å²) >= 11 is 0. The first-order valence-electron chi connectivity index (χ1n) is 9.47. The van der Waals surface area contributed by atoms with Crippen molar-refractivity contribution in [3.05, 3.63) is 59.4 Å². The van der Waals surface area contributed by atoms with E-state index >= 15 is 0 Å². The minimum Gasteiger partial charge on any atom is -0.481 e. The van der Waals surface area contributed by atoms with Crippen molar-refractivity contribution in [2.45, 2.75) is 39.8 Å². The minimum absolute atomic E-state index is 0.0629. The fourth-order valence-electron chi connectivity index (χ4n) is 3.07. The van der Waals surface area contributed by atoms with Gasteiger partial charge >= 0.3 is 0 Å². The normalized spacial score (nSPS) is 16.4. The van der Waals surface area contributed by atoms with Crippen LogP contribution in [-0.2, 0) is 22.6 Å². The van der Waals surface area contributed by atoms with E-state index in [1.165, 1.54) is 12.1 Å².